The number of amides is 1. The van der Waals surface area contributed by atoms with E-state index < -0.39 is 0 Å². The lowest BCUT2D eigenvalue weighted by Crippen LogP contribution is -2.22. The van der Waals surface area contributed by atoms with E-state index in [2.05, 4.69) is 15.0 Å². The second-order valence-electron chi connectivity index (χ2n) is 5.90. The van der Waals surface area contributed by atoms with Crippen molar-refractivity contribution in [3.8, 4) is 11.3 Å². The number of hydrogen-bond acceptors (Lipinski definition) is 5. The number of carbonyl (C=O) groups is 1. The van der Waals surface area contributed by atoms with Crippen molar-refractivity contribution in [1.82, 2.24) is 19.9 Å². The zero-order valence-corrected chi connectivity index (χ0v) is 14.6. The summed E-state index contributed by atoms with van der Waals surface area (Å²) >= 11 is 0. The van der Waals surface area contributed by atoms with E-state index in [1.807, 2.05) is 24.3 Å². The SMILES string of the molecule is COCCc1ncc(-c2cc(C(=O)N(C)C)c3ccccc3n2)cn1. The van der Waals surface area contributed by atoms with Crippen LogP contribution in [0.1, 0.15) is 16.2 Å². The Morgan fingerprint density at radius 1 is 1.16 bits per heavy atom. The van der Waals surface area contributed by atoms with E-state index in [1.165, 1.54) is 0 Å². The van der Waals surface area contributed by atoms with E-state index in [9.17, 15) is 4.79 Å². The van der Waals surface area contributed by atoms with Crippen LogP contribution in [0.15, 0.2) is 42.7 Å². The minimum absolute atomic E-state index is 0.0579. The highest BCUT2D eigenvalue weighted by Crippen LogP contribution is 2.25. The number of fused-ring (bicyclic) bond motifs is 1. The van der Waals surface area contributed by atoms with Crippen LogP contribution in [0.25, 0.3) is 22.2 Å². The molecule has 0 unspecified atom stereocenters. The van der Waals surface area contributed by atoms with Gasteiger partial charge in [0.1, 0.15) is 5.82 Å². The molecule has 0 bridgehead atoms. The smallest absolute Gasteiger partial charge is 0.254 e. The summed E-state index contributed by atoms with van der Waals surface area (Å²) in [6, 6.07) is 9.43. The van der Waals surface area contributed by atoms with Gasteiger partial charge in [-0.1, -0.05) is 18.2 Å². The van der Waals surface area contributed by atoms with Crippen LogP contribution >= 0.6 is 0 Å². The highest BCUT2D eigenvalue weighted by Gasteiger charge is 2.15. The van der Waals surface area contributed by atoms with Gasteiger partial charge in [-0.15, -0.1) is 0 Å². The molecule has 0 fully saturated rings. The van der Waals surface area contributed by atoms with Gasteiger partial charge >= 0.3 is 0 Å². The minimum Gasteiger partial charge on any atom is -0.384 e. The zero-order valence-electron chi connectivity index (χ0n) is 14.6. The number of pyridine rings is 1. The second-order valence-corrected chi connectivity index (χ2v) is 5.90. The molecule has 0 aliphatic rings. The van der Waals surface area contributed by atoms with Crippen LogP contribution in [-0.4, -0.2) is 53.6 Å². The maximum Gasteiger partial charge on any atom is 0.254 e. The zero-order chi connectivity index (χ0) is 17.8. The predicted molar refractivity (Wildman–Crippen MR) is 96.4 cm³/mol. The molecule has 1 amide bonds. The van der Waals surface area contributed by atoms with Crippen LogP contribution in [0.4, 0.5) is 0 Å². The number of nitrogens with zero attached hydrogens (tertiary/aromatic N) is 4. The molecule has 0 saturated heterocycles. The van der Waals surface area contributed by atoms with E-state index in [0.717, 1.165) is 22.3 Å². The minimum atomic E-state index is -0.0579. The third kappa shape index (κ3) is 3.64. The molecular weight excluding hydrogens is 316 g/mol. The van der Waals surface area contributed by atoms with Crippen molar-refractivity contribution >= 4 is 16.8 Å². The van der Waals surface area contributed by atoms with Gasteiger partial charge in [-0.3, -0.25) is 4.79 Å². The summed E-state index contributed by atoms with van der Waals surface area (Å²) in [6.45, 7) is 0.578. The highest BCUT2D eigenvalue weighted by molar-refractivity contribution is 6.07. The molecule has 0 aliphatic heterocycles. The molecule has 3 rings (SSSR count). The van der Waals surface area contributed by atoms with Crippen molar-refractivity contribution in [2.45, 2.75) is 6.42 Å². The Labute approximate surface area is 146 Å². The summed E-state index contributed by atoms with van der Waals surface area (Å²) in [7, 11) is 5.13. The van der Waals surface area contributed by atoms with Gasteiger partial charge in [0, 0.05) is 51.0 Å². The normalized spacial score (nSPS) is 10.8. The van der Waals surface area contributed by atoms with Gasteiger partial charge in [0.15, 0.2) is 0 Å². The third-order valence-electron chi connectivity index (χ3n) is 3.88. The van der Waals surface area contributed by atoms with E-state index in [0.29, 0.717) is 24.3 Å². The molecule has 0 radical (unpaired) electrons. The molecule has 0 aliphatic carbocycles. The molecule has 128 valence electrons. The van der Waals surface area contributed by atoms with Crippen molar-refractivity contribution in [2.24, 2.45) is 0 Å². The first-order valence-electron chi connectivity index (χ1n) is 8.02. The Bertz CT molecular complexity index is 892. The average Bonchev–Trinajstić information content (AvgIpc) is 2.65. The molecule has 25 heavy (non-hydrogen) atoms. The quantitative estimate of drug-likeness (QED) is 0.716. The van der Waals surface area contributed by atoms with Crippen molar-refractivity contribution in [1.29, 1.82) is 0 Å². The summed E-state index contributed by atoms with van der Waals surface area (Å²) in [5.74, 6) is 0.661. The Balaban J connectivity index is 2.06. The van der Waals surface area contributed by atoms with Crippen molar-refractivity contribution < 1.29 is 9.53 Å². The average molecular weight is 336 g/mol. The number of carbonyl (C=O) groups excluding carboxylic acids is 1. The number of benzene rings is 1. The number of methoxy groups -OCH3 is 1. The van der Waals surface area contributed by atoms with Gasteiger partial charge in [-0.2, -0.15) is 0 Å². The maximum absolute atomic E-state index is 12.6. The van der Waals surface area contributed by atoms with E-state index in [1.54, 1.807) is 44.6 Å². The Morgan fingerprint density at radius 2 is 1.88 bits per heavy atom. The number of ether oxygens (including phenoxy) is 1. The van der Waals surface area contributed by atoms with E-state index >= 15 is 0 Å². The fourth-order valence-electron chi connectivity index (χ4n) is 2.55. The van der Waals surface area contributed by atoms with Crippen molar-refractivity contribution in [2.75, 3.05) is 27.8 Å². The van der Waals surface area contributed by atoms with Gasteiger partial charge in [-0.25, -0.2) is 15.0 Å². The number of para-hydroxylation sites is 1. The first-order chi connectivity index (χ1) is 12.1. The molecular formula is C19H20N4O2. The molecule has 6 heteroatoms. The van der Waals surface area contributed by atoms with Crippen molar-refractivity contribution in [3.63, 3.8) is 0 Å². The molecule has 0 N–H and O–H groups in total. The summed E-state index contributed by atoms with van der Waals surface area (Å²) in [5, 5.41) is 0.836. The fourth-order valence-corrected chi connectivity index (χ4v) is 2.55. The summed E-state index contributed by atoms with van der Waals surface area (Å²) in [6.07, 6.45) is 4.13. The Kier molecular flexibility index (Phi) is 5.00. The van der Waals surface area contributed by atoms with Gasteiger partial charge < -0.3 is 9.64 Å². The lowest BCUT2D eigenvalue weighted by Gasteiger charge is -2.14. The van der Waals surface area contributed by atoms with Gasteiger partial charge in [0.05, 0.1) is 23.4 Å². The van der Waals surface area contributed by atoms with E-state index in [-0.39, 0.29) is 5.91 Å². The van der Waals surface area contributed by atoms with Crippen LogP contribution in [-0.2, 0) is 11.2 Å². The number of aromatic nitrogens is 3. The summed E-state index contributed by atoms with van der Waals surface area (Å²) in [5.41, 5.74) is 2.85. The highest BCUT2D eigenvalue weighted by atomic mass is 16.5. The van der Waals surface area contributed by atoms with Crippen LogP contribution in [0, 0.1) is 0 Å². The van der Waals surface area contributed by atoms with E-state index in [4.69, 9.17) is 4.74 Å². The Morgan fingerprint density at radius 3 is 2.56 bits per heavy atom. The van der Waals surface area contributed by atoms with Crippen LogP contribution in [0.3, 0.4) is 0 Å². The topological polar surface area (TPSA) is 68.2 Å². The summed E-state index contributed by atoms with van der Waals surface area (Å²) in [4.78, 5) is 27.5. The molecule has 1 aromatic carbocycles. The molecule has 0 spiro atoms. The summed E-state index contributed by atoms with van der Waals surface area (Å²) < 4.78 is 5.04. The molecule has 0 saturated carbocycles. The molecule has 2 aromatic heterocycles. The lowest BCUT2D eigenvalue weighted by atomic mass is 10.0. The van der Waals surface area contributed by atoms with Gasteiger partial charge in [0.2, 0.25) is 0 Å². The first-order valence-corrected chi connectivity index (χ1v) is 8.02. The van der Waals surface area contributed by atoms with Gasteiger partial charge in [-0.05, 0) is 12.1 Å². The first kappa shape index (κ1) is 17.0. The van der Waals surface area contributed by atoms with Crippen LogP contribution in [0.2, 0.25) is 0 Å². The molecule has 6 nitrogen and oxygen atoms in total. The molecule has 3 aromatic rings. The molecule has 2 heterocycles. The molecule has 0 atom stereocenters. The largest absolute Gasteiger partial charge is 0.384 e. The third-order valence-corrected chi connectivity index (χ3v) is 3.88. The predicted octanol–water partition coefficient (Wildman–Crippen LogP) is 2.58. The Hall–Kier alpha value is -2.86. The fraction of sp³-hybridized carbons (Fsp3) is 0.263. The monoisotopic (exact) mass is 336 g/mol. The van der Waals surface area contributed by atoms with Crippen LogP contribution < -0.4 is 0 Å². The number of hydrogen-bond donors (Lipinski definition) is 0. The van der Waals surface area contributed by atoms with Gasteiger partial charge in [0.25, 0.3) is 5.91 Å². The lowest BCUT2D eigenvalue weighted by molar-refractivity contribution is 0.0829. The maximum atomic E-state index is 12.6. The standard InChI is InChI=1S/C19H20N4O2/c1-23(2)19(24)15-10-17(22-16-7-5-4-6-14(15)16)13-11-20-18(21-12-13)8-9-25-3/h4-7,10-12H,8-9H2,1-3H3. The number of rotatable bonds is 5. The van der Waals surface area contributed by atoms with Crippen molar-refractivity contribution in [3.05, 3.63) is 54.1 Å². The second kappa shape index (κ2) is 7.36. The van der Waals surface area contributed by atoms with Crippen LogP contribution in [0.5, 0.6) is 0 Å².